The molecule has 1 aromatic heterocycles. The Morgan fingerprint density at radius 2 is 1.82 bits per heavy atom. The highest BCUT2D eigenvalue weighted by molar-refractivity contribution is 5.97. The Morgan fingerprint density at radius 3 is 2.55 bits per heavy atom. The average molecular weight is 448 g/mol. The van der Waals surface area contributed by atoms with Crippen LogP contribution in [0.4, 0.5) is 5.95 Å². The van der Waals surface area contributed by atoms with E-state index in [4.69, 9.17) is 0 Å². The van der Waals surface area contributed by atoms with Crippen molar-refractivity contribution in [1.29, 1.82) is 0 Å². The van der Waals surface area contributed by atoms with Crippen molar-refractivity contribution in [2.45, 2.75) is 39.8 Å². The zero-order chi connectivity index (χ0) is 23.4. The van der Waals surface area contributed by atoms with Crippen LogP contribution in [0, 0.1) is 5.92 Å². The Bertz CT molecular complexity index is 1110. The third-order valence-corrected chi connectivity index (χ3v) is 6.70. The number of nitrogens with zero attached hydrogens (tertiary/aromatic N) is 4. The van der Waals surface area contributed by atoms with Gasteiger partial charge in [-0.15, -0.1) is 0 Å². The number of hydrogen-bond acceptors (Lipinski definition) is 4. The summed E-state index contributed by atoms with van der Waals surface area (Å²) in [4.78, 5) is 34.8. The van der Waals surface area contributed by atoms with Crippen molar-refractivity contribution < 1.29 is 9.59 Å². The van der Waals surface area contributed by atoms with Crippen LogP contribution in [0.25, 0.3) is 11.0 Å². The zero-order valence-corrected chi connectivity index (χ0v) is 19.7. The summed E-state index contributed by atoms with van der Waals surface area (Å²) in [6.45, 7) is 10.3. The summed E-state index contributed by atoms with van der Waals surface area (Å²) < 4.78 is 2.08. The van der Waals surface area contributed by atoms with Crippen LogP contribution in [-0.4, -0.2) is 57.3 Å². The first kappa shape index (κ1) is 23.0. The number of rotatable bonds is 9. The third kappa shape index (κ3) is 4.93. The molecular weight excluding hydrogens is 414 g/mol. The molecule has 1 aliphatic rings. The van der Waals surface area contributed by atoms with E-state index in [0.29, 0.717) is 12.5 Å². The van der Waals surface area contributed by atoms with Gasteiger partial charge in [0, 0.05) is 26.1 Å². The normalized spacial score (nSPS) is 17.2. The van der Waals surface area contributed by atoms with Crippen LogP contribution < -0.4 is 5.32 Å². The van der Waals surface area contributed by atoms with E-state index in [9.17, 15) is 9.59 Å². The van der Waals surface area contributed by atoms with Crippen LogP contribution in [0.1, 0.15) is 38.8 Å². The predicted molar refractivity (Wildman–Crippen MR) is 131 cm³/mol. The lowest BCUT2D eigenvalue weighted by Crippen LogP contribution is -2.31. The molecule has 4 rings (SSSR count). The highest BCUT2D eigenvalue weighted by Gasteiger charge is 2.37. The van der Waals surface area contributed by atoms with E-state index in [1.54, 1.807) is 0 Å². The Labute approximate surface area is 195 Å². The van der Waals surface area contributed by atoms with E-state index in [1.165, 1.54) is 0 Å². The lowest BCUT2D eigenvalue weighted by molar-refractivity contribution is -0.129. The van der Waals surface area contributed by atoms with Crippen molar-refractivity contribution in [2.24, 2.45) is 5.92 Å². The molecular formula is C26H33N5O2. The summed E-state index contributed by atoms with van der Waals surface area (Å²) in [5.41, 5.74) is 2.93. The van der Waals surface area contributed by atoms with Crippen LogP contribution in [0.3, 0.4) is 0 Å². The number of carbonyl (C=O) groups is 2. The molecule has 1 saturated heterocycles. The molecule has 33 heavy (non-hydrogen) atoms. The smallest absolute Gasteiger partial charge is 0.232 e. The maximum atomic E-state index is 13.2. The van der Waals surface area contributed by atoms with Crippen molar-refractivity contribution in [2.75, 3.05) is 31.5 Å². The SMILES string of the molecule is CCN(CC)CCn1c(NC(=O)C2CC(=O)N(C(C)c3ccccc3)C2)nc2ccccc21. The minimum atomic E-state index is -0.389. The van der Waals surface area contributed by atoms with Gasteiger partial charge in [0.1, 0.15) is 0 Å². The molecule has 2 amide bonds. The van der Waals surface area contributed by atoms with Gasteiger partial charge in [0.25, 0.3) is 0 Å². The standard InChI is InChI=1S/C26H33N5O2/c1-4-29(5-2)15-16-30-23-14-10-9-13-22(23)27-26(30)28-25(33)21-17-24(32)31(18-21)19(3)20-11-7-6-8-12-20/h6-14,19,21H,4-5,15-18H2,1-3H3,(H,27,28,33). The molecule has 3 aromatic rings. The molecule has 0 saturated carbocycles. The first-order chi connectivity index (χ1) is 16.0. The molecule has 0 spiro atoms. The fourth-order valence-electron chi connectivity index (χ4n) is 4.58. The van der Waals surface area contributed by atoms with E-state index < -0.39 is 0 Å². The lowest BCUT2D eigenvalue weighted by Gasteiger charge is -2.25. The van der Waals surface area contributed by atoms with E-state index in [0.717, 1.165) is 42.8 Å². The second-order valence-corrected chi connectivity index (χ2v) is 8.63. The maximum absolute atomic E-state index is 13.2. The monoisotopic (exact) mass is 447 g/mol. The van der Waals surface area contributed by atoms with Gasteiger partial charge in [-0.05, 0) is 37.7 Å². The molecule has 2 aromatic carbocycles. The van der Waals surface area contributed by atoms with Gasteiger partial charge in [0.05, 0.1) is 23.0 Å². The maximum Gasteiger partial charge on any atom is 0.232 e. The largest absolute Gasteiger partial charge is 0.335 e. The second kappa shape index (κ2) is 10.2. The number of fused-ring (bicyclic) bond motifs is 1. The quantitative estimate of drug-likeness (QED) is 0.540. The summed E-state index contributed by atoms with van der Waals surface area (Å²) in [5.74, 6) is 0.0297. The molecule has 7 nitrogen and oxygen atoms in total. The molecule has 2 unspecified atom stereocenters. The summed E-state index contributed by atoms with van der Waals surface area (Å²) in [6.07, 6.45) is 0.225. The molecule has 0 bridgehead atoms. The van der Waals surface area contributed by atoms with Crippen LogP contribution >= 0.6 is 0 Å². The van der Waals surface area contributed by atoms with Crippen LogP contribution in [0.2, 0.25) is 0 Å². The topological polar surface area (TPSA) is 70.5 Å². The third-order valence-electron chi connectivity index (χ3n) is 6.70. The predicted octanol–water partition coefficient (Wildman–Crippen LogP) is 3.93. The number of anilines is 1. The van der Waals surface area contributed by atoms with Gasteiger partial charge in [-0.2, -0.15) is 0 Å². The van der Waals surface area contributed by atoms with Gasteiger partial charge >= 0.3 is 0 Å². The van der Waals surface area contributed by atoms with Gasteiger partial charge in [0.15, 0.2) is 0 Å². The number of benzene rings is 2. The van der Waals surface area contributed by atoms with Gasteiger partial charge < -0.3 is 14.4 Å². The first-order valence-electron chi connectivity index (χ1n) is 11.8. The number of imidazole rings is 1. The zero-order valence-electron chi connectivity index (χ0n) is 19.7. The molecule has 1 fully saturated rings. The number of nitrogens with one attached hydrogen (secondary N) is 1. The van der Waals surface area contributed by atoms with Crippen LogP contribution in [-0.2, 0) is 16.1 Å². The molecule has 2 heterocycles. The molecule has 1 aliphatic heterocycles. The van der Waals surface area contributed by atoms with E-state index in [1.807, 2.05) is 66.4 Å². The lowest BCUT2D eigenvalue weighted by atomic mass is 10.1. The Hall–Kier alpha value is -3.19. The molecule has 2 atom stereocenters. The molecule has 0 radical (unpaired) electrons. The number of likely N-dealkylation sites (N-methyl/N-ethyl adjacent to an activating group) is 1. The first-order valence-corrected chi connectivity index (χ1v) is 11.8. The molecule has 174 valence electrons. The van der Waals surface area contributed by atoms with Crippen LogP contribution in [0.15, 0.2) is 54.6 Å². The van der Waals surface area contributed by atoms with Crippen molar-refractivity contribution >= 4 is 28.8 Å². The molecule has 1 N–H and O–H groups in total. The van der Waals surface area contributed by atoms with Gasteiger partial charge in [0.2, 0.25) is 17.8 Å². The van der Waals surface area contributed by atoms with Gasteiger partial charge in [-0.3, -0.25) is 14.9 Å². The number of carbonyl (C=O) groups excluding carboxylic acids is 2. The fraction of sp³-hybridized carbons (Fsp3) is 0.423. The minimum Gasteiger partial charge on any atom is -0.335 e. The fourth-order valence-corrected chi connectivity index (χ4v) is 4.58. The van der Waals surface area contributed by atoms with Gasteiger partial charge in [-0.25, -0.2) is 4.98 Å². The minimum absolute atomic E-state index is 0.0153. The highest BCUT2D eigenvalue weighted by Crippen LogP contribution is 2.29. The number of hydrogen-bond donors (Lipinski definition) is 1. The summed E-state index contributed by atoms with van der Waals surface area (Å²) >= 11 is 0. The Balaban J connectivity index is 1.49. The van der Waals surface area contributed by atoms with Crippen molar-refractivity contribution in [3.63, 3.8) is 0 Å². The summed E-state index contributed by atoms with van der Waals surface area (Å²) in [7, 11) is 0. The summed E-state index contributed by atoms with van der Waals surface area (Å²) in [5, 5.41) is 3.04. The van der Waals surface area contributed by atoms with E-state index in [2.05, 4.69) is 33.6 Å². The summed E-state index contributed by atoms with van der Waals surface area (Å²) in [6, 6.07) is 17.8. The van der Waals surface area contributed by atoms with Crippen molar-refractivity contribution in [3.05, 3.63) is 60.2 Å². The number of amides is 2. The van der Waals surface area contributed by atoms with Crippen molar-refractivity contribution in [1.82, 2.24) is 19.4 Å². The van der Waals surface area contributed by atoms with Crippen molar-refractivity contribution in [3.8, 4) is 0 Å². The number of para-hydroxylation sites is 2. The van der Waals surface area contributed by atoms with Crippen LogP contribution in [0.5, 0.6) is 0 Å². The Morgan fingerprint density at radius 1 is 1.12 bits per heavy atom. The number of likely N-dealkylation sites (tertiary alicyclic amines) is 1. The highest BCUT2D eigenvalue weighted by atomic mass is 16.2. The van der Waals surface area contributed by atoms with E-state index >= 15 is 0 Å². The molecule has 0 aliphatic carbocycles. The average Bonchev–Trinajstić information content (AvgIpc) is 3.40. The number of aromatic nitrogens is 2. The van der Waals surface area contributed by atoms with E-state index in [-0.39, 0.29) is 30.2 Å². The Kier molecular flexibility index (Phi) is 7.08. The van der Waals surface area contributed by atoms with Gasteiger partial charge in [-0.1, -0.05) is 56.3 Å². The molecule has 7 heteroatoms. The second-order valence-electron chi connectivity index (χ2n) is 8.63.